The Hall–Kier alpha value is -1.99. The molecule has 5 rings (SSSR count). The summed E-state index contributed by atoms with van der Waals surface area (Å²) in [6, 6.07) is 5.96. The van der Waals surface area contributed by atoms with E-state index in [1.807, 2.05) is 18.2 Å². The van der Waals surface area contributed by atoms with Crippen LogP contribution in [-0.2, 0) is 12.8 Å². The van der Waals surface area contributed by atoms with E-state index in [0.29, 0.717) is 19.1 Å². The molecule has 5 nitrogen and oxygen atoms in total. The van der Waals surface area contributed by atoms with Gasteiger partial charge in [0.25, 0.3) is 5.56 Å². The van der Waals surface area contributed by atoms with Crippen LogP contribution in [0.1, 0.15) is 41.8 Å². The van der Waals surface area contributed by atoms with E-state index in [-0.39, 0.29) is 10.8 Å². The minimum Gasteiger partial charge on any atom is -0.486 e. The second-order valence-electron chi connectivity index (χ2n) is 7.55. The molecule has 0 saturated carbocycles. The van der Waals surface area contributed by atoms with Crippen molar-refractivity contribution in [3.63, 3.8) is 0 Å². The number of rotatable bonds is 3. The molecular weight excluding hydrogens is 392 g/mol. The quantitative estimate of drug-likeness (QED) is 0.628. The molecule has 0 bridgehead atoms. The number of aromatic amines is 1. The number of ether oxygens (including phenoxy) is 2. The van der Waals surface area contributed by atoms with Crippen molar-refractivity contribution >= 4 is 33.3 Å². The Morgan fingerprint density at radius 2 is 2.11 bits per heavy atom. The Kier molecular flexibility index (Phi) is 4.59. The third-order valence-electron chi connectivity index (χ3n) is 5.40. The molecule has 146 valence electrons. The molecular formula is C21H22N2O3S2. The lowest BCUT2D eigenvalue weighted by atomic mass is 9.89. The van der Waals surface area contributed by atoms with Crippen LogP contribution >= 0.6 is 23.1 Å². The monoisotopic (exact) mass is 414 g/mol. The van der Waals surface area contributed by atoms with Gasteiger partial charge in [-0.15, -0.1) is 23.1 Å². The van der Waals surface area contributed by atoms with E-state index in [0.717, 1.165) is 51.7 Å². The van der Waals surface area contributed by atoms with E-state index < -0.39 is 0 Å². The number of thiophene rings is 1. The zero-order chi connectivity index (χ0) is 19.3. The molecule has 7 heteroatoms. The highest BCUT2D eigenvalue weighted by atomic mass is 32.2. The fourth-order valence-corrected chi connectivity index (χ4v) is 6.26. The van der Waals surface area contributed by atoms with Gasteiger partial charge < -0.3 is 14.5 Å². The van der Waals surface area contributed by atoms with Gasteiger partial charge in [-0.2, -0.15) is 0 Å². The van der Waals surface area contributed by atoms with Crippen LogP contribution in [-0.4, -0.2) is 23.2 Å². The van der Waals surface area contributed by atoms with E-state index in [4.69, 9.17) is 14.5 Å². The van der Waals surface area contributed by atoms with Crippen molar-refractivity contribution in [3.05, 3.63) is 44.8 Å². The molecule has 2 atom stereocenters. The Morgan fingerprint density at radius 1 is 1.29 bits per heavy atom. The molecule has 0 radical (unpaired) electrons. The first-order valence-corrected chi connectivity index (χ1v) is 11.4. The van der Waals surface area contributed by atoms with Gasteiger partial charge in [0.1, 0.15) is 23.9 Å². The molecule has 0 unspecified atom stereocenters. The fourth-order valence-electron chi connectivity index (χ4n) is 3.91. The smallest absolute Gasteiger partial charge is 0.259 e. The number of hydrogen-bond acceptors (Lipinski definition) is 6. The first kappa shape index (κ1) is 18.1. The maximum atomic E-state index is 12.8. The summed E-state index contributed by atoms with van der Waals surface area (Å²) in [5.74, 6) is 2.97. The standard InChI is InChI=1S/C21H22N2O3S2/c1-11-3-5-14-17(9-11)28-21-18(14)20(24)22-19(23-21)12(2)27-13-4-6-15-16(10-13)26-8-7-25-15/h4,6,10-12H,3,5,7-9H2,1-2H3,(H,22,23,24)/t11-,12+/m1/s1. The highest BCUT2D eigenvalue weighted by Crippen LogP contribution is 2.40. The van der Waals surface area contributed by atoms with Crippen LogP contribution in [0.2, 0.25) is 0 Å². The Balaban J connectivity index is 1.45. The summed E-state index contributed by atoms with van der Waals surface area (Å²) in [5, 5.41) is 0.838. The van der Waals surface area contributed by atoms with Crippen molar-refractivity contribution in [2.24, 2.45) is 5.92 Å². The molecule has 3 aromatic rings. The summed E-state index contributed by atoms with van der Waals surface area (Å²) in [7, 11) is 0. The van der Waals surface area contributed by atoms with Crippen LogP contribution in [0.4, 0.5) is 0 Å². The zero-order valence-electron chi connectivity index (χ0n) is 15.9. The summed E-state index contributed by atoms with van der Waals surface area (Å²) in [6.45, 7) is 5.51. The van der Waals surface area contributed by atoms with E-state index in [1.165, 1.54) is 10.4 Å². The van der Waals surface area contributed by atoms with Gasteiger partial charge >= 0.3 is 0 Å². The number of benzene rings is 1. The average molecular weight is 415 g/mol. The van der Waals surface area contributed by atoms with Crippen molar-refractivity contribution in [1.29, 1.82) is 0 Å². The Bertz CT molecular complexity index is 1100. The molecule has 1 aliphatic heterocycles. The number of hydrogen-bond donors (Lipinski definition) is 1. The molecule has 3 heterocycles. The van der Waals surface area contributed by atoms with Crippen molar-refractivity contribution in [2.45, 2.75) is 43.3 Å². The second kappa shape index (κ2) is 7.12. The van der Waals surface area contributed by atoms with Gasteiger partial charge in [0.2, 0.25) is 0 Å². The van der Waals surface area contributed by atoms with Gasteiger partial charge in [0.15, 0.2) is 11.5 Å². The summed E-state index contributed by atoms with van der Waals surface area (Å²) >= 11 is 3.36. The van der Waals surface area contributed by atoms with Crippen LogP contribution in [0.5, 0.6) is 11.5 Å². The molecule has 0 amide bonds. The van der Waals surface area contributed by atoms with Crippen LogP contribution in [0, 0.1) is 5.92 Å². The first-order valence-electron chi connectivity index (χ1n) is 9.69. The number of aromatic nitrogens is 2. The van der Waals surface area contributed by atoms with Gasteiger partial charge in [-0.25, -0.2) is 4.98 Å². The van der Waals surface area contributed by atoms with E-state index in [2.05, 4.69) is 18.8 Å². The number of H-pyrrole nitrogens is 1. The normalized spacial score (nSPS) is 19.4. The molecule has 0 spiro atoms. The van der Waals surface area contributed by atoms with Crippen molar-refractivity contribution < 1.29 is 9.47 Å². The third-order valence-corrected chi connectivity index (χ3v) is 7.65. The maximum absolute atomic E-state index is 12.8. The highest BCUT2D eigenvalue weighted by molar-refractivity contribution is 7.99. The number of fused-ring (bicyclic) bond motifs is 4. The van der Waals surface area contributed by atoms with Crippen molar-refractivity contribution in [2.75, 3.05) is 13.2 Å². The van der Waals surface area contributed by atoms with E-state index in [9.17, 15) is 4.79 Å². The third kappa shape index (κ3) is 3.20. The van der Waals surface area contributed by atoms with Gasteiger partial charge in [-0.3, -0.25) is 4.79 Å². The number of thioether (sulfide) groups is 1. The SMILES string of the molecule is C[C@@H]1CCc2c(sc3nc([C@H](C)Sc4ccc5c(c4)OCCO5)[nH]c(=O)c23)C1. The fraction of sp³-hybridized carbons (Fsp3) is 0.429. The van der Waals surface area contributed by atoms with Gasteiger partial charge in [0.05, 0.1) is 10.6 Å². The lowest BCUT2D eigenvalue weighted by molar-refractivity contribution is 0.171. The minimum atomic E-state index is 0.00155. The predicted octanol–water partition coefficient (Wildman–Crippen LogP) is 4.73. The van der Waals surface area contributed by atoms with Gasteiger partial charge in [-0.05, 0) is 55.9 Å². The second-order valence-corrected chi connectivity index (χ2v) is 10.0. The predicted molar refractivity (Wildman–Crippen MR) is 113 cm³/mol. The molecule has 1 N–H and O–H groups in total. The lowest BCUT2D eigenvalue weighted by Crippen LogP contribution is -2.15. The molecule has 28 heavy (non-hydrogen) atoms. The van der Waals surface area contributed by atoms with Gasteiger partial charge in [0, 0.05) is 9.77 Å². The van der Waals surface area contributed by atoms with Gasteiger partial charge in [-0.1, -0.05) is 6.92 Å². The molecule has 2 aromatic heterocycles. The first-order chi connectivity index (χ1) is 13.6. The Labute approximate surface area is 171 Å². The lowest BCUT2D eigenvalue weighted by Gasteiger charge is -2.19. The summed E-state index contributed by atoms with van der Waals surface area (Å²) in [5.41, 5.74) is 1.23. The highest BCUT2D eigenvalue weighted by Gasteiger charge is 2.24. The van der Waals surface area contributed by atoms with E-state index in [1.54, 1.807) is 23.1 Å². The zero-order valence-corrected chi connectivity index (χ0v) is 17.5. The van der Waals surface area contributed by atoms with Crippen molar-refractivity contribution in [1.82, 2.24) is 9.97 Å². The van der Waals surface area contributed by atoms with E-state index >= 15 is 0 Å². The Morgan fingerprint density at radius 3 is 2.96 bits per heavy atom. The number of aryl methyl sites for hydroxylation is 1. The maximum Gasteiger partial charge on any atom is 0.259 e. The van der Waals surface area contributed by atoms with Crippen LogP contribution in [0.15, 0.2) is 27.9 Å². The molecule has 0 fully saturated rings. The topological polar surface area (TPSA) is 64.2 Å². The molecule has 0 saturated heterocycles. The largest absolute Gasteiger partial charge is 0.486 e. The van der Waals surface area contributed by atoms with Crippen LogP contribution in [0.25, 0.3) is 10.2 Å². The number of nitrogens with zero attached hydrogens (tertiary/aromatic N) is 1. The summed E-state index contributed by atoms with van der Waals surface area (Å²) in [6.07, 6.45) is 3.20. The molecule has 1 aliphatic carbocycles. The summed E-state index contributed by atoms with van der Waals surface area (Å²) in [4.78, 5) is 24.0. The molecule has 2 aliphatic rings. The molecule has 1 aromatic carbocycles. The number of nitrogens with one attached hydrogen (secondary N) is 1. The van der Waals surface area contributed by atoms with Crippen LogP contribution < -0.4 is 15.0 Å². The van der Waals surface area contributed by atoms with Crippen molar-refractivity contribution in [3.8, 4) is 11.5 Å². The summed E-state index contributed by atoms with van der Waals surface area (Å²) < 4.78 is 11.3. The van der Waals surface area contributed by atoms with Crippen LogP contribution in [0.3, 0.4) is 0 Å². The average Bonchev–Trinajstić information content (AvgIpc) is 3.05. The minimum absolute atomic E-state index is 0.00155.